The van der Waals surface area contributed by atoms with Crippen LogP contribution in [0.1, 0.15) is 37.7 Å². The predicted molar refractivity (Wildman–Crippen MR) is 99.6 cm³/mol. The van der Waals surface area contributed by atoms with Crippen LogP contribution in [0.2, 0.25) is 5.02 Å². The summed E-state index contributed by atoms with van der Waals surface area (Å²) < 4.78 is 13.9. The monoisotopic (exact) mass is 437 g/mol. The van der Waals surface area contributed by atoms with Crippen molar-refractivity contribution in [1.82, 2.24) is 4.90 Å². The molecule has 1 saturated carbocycles. The highest BCUT2D eigenvalue weighted by Crippen LogP contribution is 2.47. The van der Waals surface area contributed by atoms with Crippen LogP contribution in [0, 0.1) is 11.7 Å². The van der Waals surface area contributed by atoms with Gasteiger partial charge in [0.2, 0.25) is 0 Å². The molecule has 2 atom stereocenters. The molecule has 1 aromatic carbocycles. The fraction of sp³-hybridized carbons (Fsp3) is 0.562. The Morgan fingerprint density at radius 2 is 2.05 bits per heavy atom. The summed E-state index contributed by atoms with van der Waals surface area (Å²) in [6.07, 6.45) is 3.14. The molecular weight excluding hydrogens is 416 g/mol. The number of rotatable bonds is 2. The Morgan fingerprint density at radius 3 is 2.68 bits per heavy atom. The summed E-state index contributed by atoms with van der Waals surface area (Å²) in [5.41, 5.74) is 6.69. The van der Waals surface area contributed by atoms with Crippen LogP contribution in [-0.4, -0.2) is 30.0 Å². The van der Waals surface area contributed by atoms with Gasteiger partial charge in [0.15, 0.2) is 5.96 Å². The molecule has 2 fully saturated rings. The topological polar surface area (TPSA) is 41.6 Å². The molecular formula is C16H22ClFIN3. The number of aliphatic imine (C=N–C) groups is 1. The molecule has 3 rings (SSSR count). The molecule has 2 unspecified atom stereocenters. The highest BCUT2D eigenvalue weighted by molar-refractivity contribution is 14.0. The Labute approximate surface area is 153 Å². The van der Waals surface area contributed by atoms with Crippen molar-refractivity contribution in [3.8, 4) is 0 Å². The average molecular weight is 438 g/mol. The van der Waals surface area contributed by atoms with E-state index in [2.05, 4.69) is 16.8 Å². The lowest BCUT2D eigenvalue weighted by atomic mass is 10.00. The second-order valence-corrected chi connectivity index (χ2v) is 6.61. The van der Waals surface area contributed by atoms with Crippen LogP contribution in [0.3, 0.4) is 0 Å². The molecule has 6 heteroatoms. The number of likely N-dealkylation sites (tertiary alicyclic amines) is 1. The van der Waals surface area contributed by atoms with Gasteiger partial charge in [-0.2, -0.15) is 0 Å². The molecule has 2 aliphatic rings. The second-order valence-electron chi connectivity index (χ2n) is 6.20. The Kier molecular flexibility index (Phi) is 5.94. The molecule has 1 saturated heterocycles. The van der Waals surface area contributed by atoms with Gasteiger partial charge in [0.05, 0.1) is 6.04 Å². The minimum atomic E-state index is -0.240. The third-order valence-electron chi connectivity index (χ3n) is 4.53. The van der Waals surface area contributed by atoms with Crippen molar-refractivity contribution in [2.45, 2.75) is 38.1 Å². The van der Waals surface area contributed by atoms with Gasteiger partial charge in [-0.15, -0.1) is 24.0 Å². The maximum atomic E-state index is 13.9. The van der Waals surface area contributed by atoms with Crippen molar-refractivity contribution < 1.29 is 4.39 Å². The third kappa shape index (κ3) is 3.85. The van der Waals surface area contributed by atoms with Gasteiger partial charge < -0.3 is 10.6 Å². The number of hydrogen-bond donors (Lipinski definition) is 1. The maximum absolute atomic E-state index is 13.9. The van der Waals surface area contributed by atoms with Crippen molar-refractivity contribution in [1.29, 1.82) is 0 Å². The zero-order chi connectivity index (χ0) is 15.0. The smallest absolute Gasteiger partial charge is 0.191 e. The number of halogens is 3. The van der Waals surface area contributed by atoms with Crippen molar-refractivity contribution in [3.05, 3.63) is 34.6 Å². The largest absolute Gasteiger partial charge is 0.370 e. The second kappa shape index (κ2) is 7.34. The normalized spacial score (nSPS) is 25.8. The van der Waals surface area contributed by atoms with Crippen molar-refractivity contribution in [2.24, 2.45) is 16.6 Å². The van der Waals surface area contributed by atoms with Crippen LogP contribution in [0.15, 0.2) is 23.2 Å². The van der Waals surface area contributed by atoms with E-state index in [-0.39, 0.29) is 41.8 Å². The molecule has 0 bridgehead atoms. The average Bonchev–Trinajstić information content (AvgIpc) is 3.18. The standard InChI is InChI=1S/C16H21ClFN3.HI/c1-10-5-7-21(8-6-10)16(19)20-14-9-11(14)15-12(17)3-2-4-13(15)18;/h2-4,10-11,14H,5-9H2,1H3,(H2,19,20);1H. The van der Waals surface area contributed by atoms with E-state index in [4.69, 9.17) is 17.3 Å². The molecule has 0 amide bonds. The fourth-order valence-corrected chi connectivity index (χ4v) is 3.29. The van der Waals surface area contributed by atoms with E-state index in [1.54, 1.807) is 12.1 Å². The first-order valence-corrected chi connectivity index (χ1v) is 7.96. The first kappa shape index (κ1) is 17.8. The third-order valence-corrected chi connectivity index (χ3v) is 4.86. The Balaban J connectivity index is 0.00000176. The first-order valence-electron chi connectivity index (χ1n) is 7.58. The molecule has 122 valence electrons. The molecule has 1 aliphatic heterocycles. The van der Waals surface area contributed by atoms with Crippen LogP contribution in [0.4, 0.5) is 4.39 Å². The Bertz CT molecular complexity index is 538. The van der Waals surface area contributed by atoms with Gasteiger partial charge in [0, 0.05) is 29.6 Å². The van der Waals surface area contributed by atoms with Crippen molar-refractivity contribution >= 4 is 41.5 Å². The summed E-state index contributed by atoms with van der Waals surface area (Å²) in [6.45, 7) is 4.20. The zero-order valence-electron chi connectivity index (χ0n) is 12.6. The Hall–Kier alpha value is -0.560. The molecule has 0 spiro atoms. The molecule has 0 radical (unpaired) electrons. The quantitative estimate of drug-likeness (QED) is 0.432. The molecule has 22 heavy (non-hydrogen) atoms. The number of hydrogen-bond acceptors (Lipinski definition) is 1. The summed E-state index contributed by atoms with van der Waals surface area (Å²) in [7, 11) is 0. The number of guanidine groups is 1. The summed E-state index contributed by atoms with van der Waals surface area (Å²) in [5, 5.41) is 0.489. The molecule has 1 aromatic rings. The molecule has 2 N–H and O–H groups in total. The van der Waals surface area contributed by atoms with Gasteiger partial charge in [-0.3, -0.25) is 0 Å². The lowest BCUT2D eigenvalue weighted by Crippen LogP contribution is -2.42. The van der Waals surface area contributed by atoms with E-state index in [1.165, 1.54) is 6.07 Å². The zero-order valence-corrected chi connectivity index (χ0v) is 15.7. The number of piperidine rings is 1. The van der Waals surface area contributed by atoms with Crippen LogP contribution in [0.25, 0.3) is 0 Å². The van der Waals surface area contributed by atoms with Gasteiger partial charge in [0.25, 0.3) is 0 Å². The molecule has 1 aliphatic carbocycles. The van der Waals surface area contributed by atoms with E-state index >= 15 is 0 Å². The van der Waals surface area contributed by atoms with Crippen LogP contribution in [0.5, 0.6) is 0 Å². The minimum absolute atomic E-state index is 0. The first-order chi connectivity index (χ1) is 10.1. The highest BCUT2D eigenvalue weighted by atomic mass is 127. The maximum Gasteiger partial charge on any atom is 0.191 e. The van der Waals surface area contributed by atoms with Gasteiger partial charge >= 0.3 is 0 Å². The summed E-state index contributed by atoms with van der Waals surface area (Å²) >= 11 is 6.10. The van der Waals surface area contributed by atoms with Crippen molar-refractivity contribution in [3.63, 3.8) is 0 Å². The molecule has 0 aromatic heterocycles. The van der Waals surface area contributed by atoms with Gasteiger partial charge in [-0.1, -0.05) is 24.6 Å². The van der Waals surface area contributed by atoms with Gasteiger partial charge in [-0.05, 0) is 37.3 Å². The van der Waals surface area contributed by atoms with Gasteiger partial charge in [0.1, 0.15) is 5.82 Å². The number of nitrogens with zero attached hydrogens (tertiary/aromatic N) is 2. The van der Waals surface area contributed by atoms with E-state index in [1.807, 2.05) is 0 Å². The van der Waals surface area contributed by atoms with Crippen LogP contribution >= 0.6 is 35.6 Å². The van der Waals surface area contributed by atoms with Crippen molar-refractivity contribution in [2.75, 3.05) is 13.1 Å². The van der Waals surface area contributed by atoms with Gasteiger partial charge in [-0.25, -0.2) is 9.38 Å². The van der Waals surface area contributed by atoms with Crippen LogP contribution < -0.4 is 5.73 Å². The number of nitrogens with two attached hydrogens (primary N) is 1. The minimum Gasteiger partial charge on any atom is -0.370 e. The highest BCUT2D eigenvalue weighted by Gasteiger charge is 2.41. The Morgan fingerprint density at radius 1 is 1.36 bits per heavy atom. The number of benzene rings is 1. The predicted octanol–water partition coefficient (Wildman–Crippen LogP) is 4.00. The van der Waals surface area contributed by atoms with E-state index in [0.717, 1.165) is 38.3 Å². The summed E-state index contributed by atoms with van der Waals surface area (Å²) in [5.74, 6) is 1.19. The SMILES string of the molecule is CC1CCN(C(N)=NC2CC2c2c(F)cccc2Cl)CC1.I. The van der Waals surface area contributed by atoms with Crippen LogP contribution in [-0.2, 0) is 0 Å². The lowest BCUT2D eigenvalue weighted by Gasteiger charge is -2.31. The fourth-order valence-electron chi connectivity index (χ4n) is 2.99. The molecule has 3 nitrogen and oxygen atoms in total. The van der Waals surface area contributed by atoms with E-state index < -0.39 is 0 Å². The lowest BCUT2D eigenvalue weighted by molar-refractivity contribution is 0.277. The molecule has 1 heterocycles. The van der Waals surface area contributed by atoms with E-state index in [0.29, 0.717) is 16.5 Å². The summed E-state index contributed by atoms with van der Waals surface area (Å²) in [6, 6.07) is 4.88. The summed E-state index contributed by atoms with van der Waals surface area (Å²) in [4.78, 5) is 6.71. The van der Waals surface area contributed by atoms with E-state index in [9.17, 15) is 4.39 Å².